The fraction of sp³-hybridized carbons (Fsp3) is 0.0667. The summed E-state index contributed by atoms with van der Waals surface area (Å²) in [4.78, 5) is 0. The minimum absolute atomic E-state index is 0.0880. The second kappa shape index (κ2) is 8.40. The standard InChI is InChI=1S/C15H12ClF2N3OS/c16-11-3-5-12(6-4-11)20-15(23)21-19-9-10-1-7-13(8-2-10)22-14(17)18/h1-9,14H,(H2,20,21,23)/b19-9+. The van der Waals surface area contributed by atoms with E-state index in [-0.39, 0.29) is 5.75 Å². The van der Waals surface area contributed by atoms with Gasteiger partial charge in [0.05, 0.1) is 6.21 Å². The molecule has 23 heavy (non-hydrogen) atoms. The van der Waals surface area contributed by atoms with Crippen molar-refractivity contribution in [2.75, 3.05) is 5.32 Å². The van der Waals surface area contributed by atoms with Gasteiger partial charge in [-0.05, 0) is 66.3 Å². The first-order valence-corrected chi connectivity index (χ1v) is 7.22. The number of halogens is 3. The van der Waals surface area contributed by atoms with Gasteiger partial charge >= 0.3 is 6.61 Å². The number of rotatable bonds is 5. The molecule has 0 spiro atoms. The molecular formula is C15H12ClF2N3OS. The van der Waals surface area contributed by atoms with Crippen LogP contribution in [0, 0.1) is 0 Å². The van der Waals surface area contributed by atoms with Crippen molar-refractivity contribution >= 4 is 40.8 Å². The van der Waals surface area contributed by atoms with Crippen molar-refractivity contribution < 1.29 is 13.5 Å². The summed E-state index contributed by atoms with van der Waals surface area (Å²) in [6.45, 7) is -2.84. The van der Waals surface area contributed by atoms with Crippen LogP contribution < -0.4 is 15.5 Å². The molecule has 4 nitrogen and oxygen atoms in total. The lowest BCUT2D eigenvalue weighted by Gasteiger charge is -2.06. The normalized spacial score (nSPS) is 10.8. The van der Waals surface area contributed by atoms with Crippen LogP contribution in [0.2, 0.25) is 5.02 Å². The third-order valence-corrected chi connectivity index (χ3v) is 3.03. The summed E-state index contributed by atoms with van der Waals surface area (Å²) in [5.74, 6) is 0.0880. The molecular weight excluding hydrogens is 344 g/mol. The summed E-state index contributed by atoms with van der Waals surface area (Å²) in [6.07, 6.45) is 1.50. The van der Waals surface area contributed by atoms with Gasteiger partial charge in [0.1, 0.15) is 5.75 Å². The number of thiocarbonyl (C=S) groups is 1. The Bertz CT molecular complexity index is 678. The van der Waals surface area contributed by atoms with Crippen molar-refractivity contribution in [1.82, 2.24) is 5.43 Å². The summed E-state index contributed by atoms with van der Waals surface area (Å²) in [6, 6.07) is 13.1. The molecule has 0 saturated carbocycles. The number of alkyl halides is 2. The fourth-order valence-electron chi connectivity index (χ4n) is 1.59. The van der Waals surface area contributed by atoms with Crippen LogP contribution in [0.4, 0.5) is 14.5 Å². The lowest BCUT2D eigenvalue weighted by Crippen LogP contribution is -2.23. The highest BCUT2D eigenvalue weighted by Gasteiger charge is 2.03. The molecule has 2 N–H and O–H groups in total. The van der Waals surface area contributed by atoms with Gasteiger partial charge in [-0.2, -0.15) is 13.9 Å². The van der Waals surface area contributed by atoms with Gasteiger partial charge < -0.3 is 10.1 Å². The molecule has 0 fully saturated rings. The summed E-state index contributed by atoms with van der Waals surface area (Å²) in [5.41, 5.74) is 4.12. The first kappa shape index (κ1) is 17.1. The number of benzene rings is 2. The van der Waals surface area contributed by atoms with Crippen LogP contribution in [0.15, 0.2) is 53.6 Å². The fourth-order valence-corrected chi connectivity index (χ4v) is 1.89. The van der Waals surface area contributed by atoms with Gasteiger partial charge in [-0.3, -0.25) is 5.43 Å². The summed E-state index contributed by atoms with van der Waals surface area (Å²) in [5, 5.41) is 7.82. The molecule has 0 radical (unpaired) electrons. The number of ether oxygens (including phenoxy) is 1. The zero-order chi connectivity index (χ0) is 16.7. The first-order valence-electron chi connectivity index (χ1n) is 6.43. The molecule has 2 aromatic carbocycles. The molecule has 0 atom stereocenters. The Kier molecular flexibility index (Phi) is 6.25. The van der Waals surface area contributed by atoms with Crippen molar-refractivity contribution in [2.45, 2.75) is 6.61 Å². The SMILES string of the molecule is FC(F)Oc1ccc(/C=N/NC(=S)Nc2ccc(Cl)cc2)cc1. The lowest BCUT2D eigenvalue weighted by atomic mass is 10.2. The second-order valence-corrected chi connectivity index (χ2v) is 5.12. The second-order valence-electron chi connectivity index (χ2n) is 4.28. The molecule has 2 rings (SSSR count). The van der Waals surface area contributed by atoms with E-state index in [2.05, 4.69) is 20.6 Å². The molecule has 2 aromatic rings. The van der Waals surface area contributed by atoms with Crippen LogP contribution in [0.25, 0.3) is 0 Å². The topological polar surface area (TPSA) is 45.6 Å². The first-order chi connectivity index (χ1) is 11.0. The van der Waals surface area contributed by atoms with Crippen LogP contribution in [0.1, 0.15) is 5.56 Å². The predicted molar refractivity (Wildman–Crippen MR) is 91.5 cm³/mol. The number of hydrogen-bond donors (Lipinski definition) is 2. The van der Waals surface area contributed by atoms with E-state index in [1.807, 2.05) is 0 Å². The number of hydrogen-bond acceptors (Lipinski definition) is 3. The van der Waals surface area contributed by atoms with Crippen LogP contribution >= 0.6 is 23.8 Å². The molecule has 120 valence electrons. The van der Waals surface area contributed by atoms with Crippen molar-refractivity contribution in [3.63, 3.8) is 0 Å². The van der Waals surface area contributed by atoms with Gasteiger partial charge in [0.25, 0.3) is 0 Å². The molecule has 0 heterocycles. The van der Waals surface area contributed by atoms with Gasteiger partial charge in [0, 0.05) is 10.7 Å². The van der Waals surface area contributed by atoms with Gasteiger partial charge in [-0.25, -0.2) is 0 Å². The Morgan fingerprint density at radius 3 is 2.39 bits per heavy atom. The maximum atomic E-state index is 12.0. The number of anilines is 1. The minimum atomic E-state index is -2.84. The van der Waals surface area contributed by atoms with Gasteiger partial charge in [0.2, 0.25) is 0 Å². The Morgan fingerprint density at radius 2 is 1.78 bits per heavy atom. The molecule has 0 amide bonds. The van der Waals surface area contributed by atoms with Crippen LogP contribution in [-0.2, 0) is 0 Å². The molecule has 0 unspecified atom stereocenters. The molecule has 0 aliphatic heterocycles. The van der Waals surface area contributed by atoms with E-state index < -0.39 is 6.61 Å². The minimum Gasteiger partial charge on any atom is -0.435 e. The lowest BCUT2D eigenvalue weighted by molar-refractivity contribution is -0.0498. The Labute approximate surface area is 142 Å². The van der Waals surface area contributed by atoms with E-state index in [1.54, 1.807) is 36.4 Å². The van der Waals surface area contributed by atoms with E-state index in [4.69, 9.17) is 23.8 Å². The summed E-state index contributed by atoms with van der Waals surface area (Å²) < 4.78 is 28.3. The maximum Gasteiger partial charge on any atom is 0.387 e. The number of nitrogens with one attached hydrogen (secondary N) is 2. The largest absolute Gasteiger partial charge is 0.435 e. The van der Waals surface area contributed by atoms with E-state index in [0.29, 0.717) is 15.7 Å². The average molecular weight is 356 g/mol. The Balaban J connectivity index is 1.83. The molecule has 0 aliphatic carbocycles. The van der Waals surface area contributed by atoms with E-state index >= 15 is 0 Å². The predicted octanol–water partition coefficient (Wildman–Crippen LogP) is 4.26. The zero-order valence-electron chi connectivity index (χ0n) is 11.7. The Hall–Kier alpha value is -2.25. The van der Waals surface area contributed by atoms with Crippen molar-refractivity contribution in [2.24, 2.45) is 5.10 Å². The number of nitrogens with zero attached hydrogens (tertiary/aromatic N) is 1. The molecule has 8 heteroatoms. The molecule has 0 aromatic heterocycles. The molecule has 0 bridgehead atoms. The van der Waals surface area contributed by atoms with Crippen LogP contribution in [-0.4, -0.2) is 17.9 Å². The smallest absolute Gasteiger partial charge is 0.387 e. The van der Waals surface area contributed by atoms with Crippen LogP contribution in [0.5, 0.6) is 5.75 Å². The zero-order valence-corrected chi connectivity index (χ0v) is 13.2. The quantitative estimate of drug-likeness (QED) is 0.478. The van der Waals surface area contributed by atoms with E-state index in [0.717, 1.165) is 5.69 Å². The van der Waals surface area contributed by atoms with Crippen molar-refractivity contribution in [3.05, 3.63) is 59.1 Å². The van der Waals surface area contributed by atoms with Crippen molar-refractivity contribution in [3.8, 4) is 5.75 Å². The average Bonchev–Trinajstić information content (AvgIpc) is 2.51. The monoisotopic (exact) mass is 355 g/mol. The number of hydrazone groups is 1. The van der Waals surface area contributed by atoms with E-state index in [9.17, 15) is 8.78 Å². The Morgan fingerprint density at radius 1 is 1.13 bits per heavy atom. The van der Waals surface area contributed by atoms with Crippen LogP contribution in [0.3, 0.4) is 0 Å². The summed E-state index contributed by atoms with van der Waals surface area (Å²) >= 11 is 10.9. The van der Waals surface area contributed by atoms with Gasteiger partial charge in [0.15, 0.2) is 5.11 Å². The van der Waals surface area contributed by atoms with E-state index in [1.165, 1.54) is 18.3 Å². The summed E-state index contributed by atoms with van der Waals surface area (Å²) in [7, 11) is 0. The third-order valence-electron chi connectivity index (χ3n) is 2.59. The molecule has 0 saturated heterocycles. The highest BCUT2D eigenvalue weighted by molar-refractivity contribution is 7.80. The highest BCUT2D eigenvalue weighted by Crippen LogP contribution is 2.14. The molecule has 0 aliphatic rings. The highest BCUT2D eigenvalue weighted by atomic mass is 35.5. The van der Waals surface area contributed by atoms with Gasteiger partial charge in [-0.15, -0.1) is 0 Å². The maximum absolute atomic E-state index is 12.0. The van der Waals surface area contributed by atoms with Crippen molar-refractivity contribution in [1.29, 1.82) is 0 Å². The third kappa shape index (κ3) is 6.17. The van der Waals surface area contributed by atoms with Gasteiger partial charge in [-0.1, -0.05) is 11.6 Å².